The van der Waals surface area contributed by atoms with Gasteiger partial charge in [-0.3, -0.25) is 0 Å². The van der Waals surface area contributed by atoms with Crippen molar-refractivity contribution in [1.82, 2.24) is 9.97 Å². The lowest BCUT2D eigenvalue weighted by Gasteiger charge is -2.32. The third-order valence-corrected chi connectivity index (χ3v) is 10.2. The molecule has 1 heterocycles. The molecular weight excluding hydrogens is 392 g/mol. The highest BCUT2D eigenvalue weighted by molar-refractivity contribution is 7.19. The monoisotopic (exact) mass is 414 g/mol. The Balaban J connectivity index is 1.78. The van der Waals surface area contributed by atoms with Crippen LogP contribution in [0.4, 0.5) is 0 Å². The van der Waals surface area contributed by atoms with Crippen LogP contribution in [0.15, 0.2) is 134 Å². The van der Waals surface area contributed by atoms with Crippen molar-refractivity contribution in [1.29, 1.82) is 0 Å². The van der Waals surface area contributed by atoms with Crippen LogP contribution in [0, 0.1) is 0 Å². The lowest BCUT2D eigenvalue weighted by atomic mass is 10.1. The first-order valence-electron chi connectivity index (χ1n) is 10.4. The van der Waals surface area contributed by atoms with Crippen molar-refractivity contribution in [3.8, 4) is 11.1 Å². The Morgan fingerprint density at radius 2 is 0.742 bits per heavy atom. The van der Waals surface area contributed by atoms with Gasteiger partial charge in [-0.1, -0.05) is 121 Å². The van der Waals surface area contributed by atoms with E-state index < -0.39 is 8.07 Å². The van der Waals surface area contributed by atoms with Gasteiger partial charge in [0.2, 0.25) is 8.07 Å². The van der Waals surface area contributed by atoms with Crippen molar-refractivity contribution in [2.24, 2.45) is 0 Å². The van der Waals surface area contributed by atoms with Crippen molar-refractivity contribution in [3.05, 3.63) is 134 Å². The molecule has 0 aliphatic heterocycles. The second-order valence-corrected chi connectivity index (χ2v) is 11.2. The van der Waals surface area contributed by atoms with E-state index in [4.69, 9.17) is 9.97 Å². The molecule has 4 aromatic carbocycles. The van der Waals surface area contributed by atoms with Gasteiger partial charge in [0, 0.05) is 18.0 Å². The second kappa shape index (κ2) is 8.50. The Morgan fingerprint density at radius 1 is 0.387 bits per heavy atom. The van der Waals surface area contributed by atoms with Gasteiger partial charge in [-0.05, 0) is 21.1 Å². The minimum absolute atomic E-state index is 0.899. The molecule has 0 atom stereocenters. The highest BCUT2D eigenvalue weighted by Crippen LogP contribution is 2.16. The molecule has 0 amide bonds. The molecule has 0 spiro atoms. The normalized spacial score (nSPS) is 11.2. The zero-order chi connectivity index (χ0) is 20.9. The van der Waals surface area contributed by atoms with Gasteiger partial charge < -0.3 is 0 Å². The zero-order valence-electron chi connectivity index (χ0n) is 17.1. The fourth-order valence-electron chi connectivity index (χ4n) is 4.25. The summed E-state index contributed by atoms with van der Waals surface area (Å²) >= 11 is 0. The summed E-state index contributed by atoms with van der Waals surface area (Å²) < 4.78 is 0. The maximum atomic E-state index is 5.01. The van der Waals surface area contributed by atoms with Crippen LogP contribution in [0.1, 0.15) is 0 Å². The van der Waals surface area contributed by atoms with E-state index in [0.29, 0.717) is 0 Å². The highest BCUT2D eigenvalue weighted by Gasteiger charge is 2.44. The first-order valence-corrected chi connectivity index (χ1v) is 12.4. The number of hydrogen-bond acceptors (Lipinski definition) is 2. The summed E-state index contributed by atoms with van der Waals surface area (Å²) in [6.07, 6.45) is 3.93. The first-order chi connectivity index (χ1) is 15.4. The minimum Gasteiger partial charge on any atom is -0.245 e. The number of aromatic nitrogens is 2. The smallest absolute Gasteiger partial charge is 0.226 e. The molecule has 5 aromatic rings. The summed E-state index contributed by atoms with van der Waals surface area (Å²) in [6, 6.07) is 42.5. The average Bonchev–Trinajstić information content (AvgIpc) is 2.88. The molecule has 1 aromatic heterocycles. The van der Waals surface area contributed by atoms with Crippen LogP contribution in [-0.4, -0.2) is 18.0 Å². The van der Waals surface area contributed by atoms with Gasteiger partial charge in [-0.2, -0.15) is 0 Å². The minimum atomic E-state index is -2.65. The van der Waals surface area contributed by atoms with E-state index in [2.05, 4.69) is 103 Å². The number of benzene rings is 4. The molecule has 2 nitrogen and oxygen atoms in total. The average molecular weight is 415 g/mol. The number of nitrogens with zero attached hydrogens (tertiary/aromatic N) is 2. The third kappa shape index (κ3) is 3.49. The Morgan fingerprint density at radius 3 is 1.13 bits per heavy atom. The van der Waals surface area contributed by atoms with Gasteiger partial charge in [-0.15, -0.1) is 0 Å². The third-order valence-electron chi connectivity index (χ3n) is 5.71. The molecule has 148 valence electrons. The summed E-state index contributed by atoms with van der Waals surface area (Å²) in [7, 11) is -2.65. The van der Waals surface area contributed by atoms with E-state index in [0.717, 1.165) is 16.6 Å². The van der Waals surface area contributed by atoms with Crippen LogP contribution in [0.5, 0.6) is 0 Å². The Hall–Kier alpha value is -3.82. The highest BCUT2D eigenvalue weighted by atomic mass is 28.3. The van der Waals surface area contributed by atoms with E-state index in [1.165, 1.54) is 15.6 Å². The molecule has 0 fully saturated rings. The van der Waals surface area contributed by atoms with E-state index in [1.54, 1.807) is 0 Å². The molecule has 31 heavy (non-hydrogen) atoms. The maximum absolute atomic E-state index is 5.01. The van der Waals surface area contributed by atoms with Gasteiger partial charge in [0.1, 0.15) is 5.45 Å². The quantitative estimate of drug-likeness (QED) is 0.325. The van der Waals surface area contributed by atoms with Crippen molar-refractivity contribution in [3.63, 3.8) is 0 Å². The largest absolute Gasteiger partial charge is 0.245 e. The molecule has 0 unspecified atom stereocenters. The van der Waals surface area contributed by atoms with E-state index in [1.807, 2.05) is 30.6 Å². The summed E-state index contributed by atoms with van der Waals surface area (Å²) in [4.78, 5) is 10.0. The molecule has 0 aliphatic carbocycles. The lowest BCUT2D eigenvalue weighted by Crippen LogP contribution is -2.76. The van der Waals surface area contributed by atoms with Gasteiger partial charge in [0.15, 0.2) is 0 Å². The maximum Gasteiger partial charge on any atom is 0.226 e. The van der Waals surface area contributed by atoms with Crippen LogP contribution in [0.2, 0.25) is 0 Å². The first kappa shape index (κ1) is 19.2. The molecule has 5 rings (SSSR count). The molecule has 0 saturated heterocycles. The van der Waals surface area contributed by atoms with Gasteiger partial charge in [0.05, 0.1) is 0 Å². The topological polar surface area (TPSA) is 25.8 Å². The summed E-state index contributed by atoms with van der Waals surface area (Å²) in [5, 5.41) is 3.83. The lowest BCUT2D eigenvalue weighted by molar-refractivity contribution is 1.22. The zero-order valence-corrected chi connectivity index (χ0v) is 18.1. The second-order valence-electron chi connectivity index (χ2n) is 7.51. The van der Waals surface area contributed by atoms with Crippen molar-refractivity contribution in [2.75, 3.05) is 0 Å². The van der Waals surface area contributed by atoms with E-state index in [-0.39, 0.29) is 0 Å². The van der Waals surface area contributed by atoms with Crippen LogP contribution in [0.3, 0.4) is 0 Å². The fourth-order valence-corrected chi connectivity index (χ4v) is 8.62. The fraction of sp³-hybridized carbons (Fsp3) is 0. The van der Waals surface area contributed by atoms with Crippen molar-refractivity contribution >= 4 is 29.1 Å². The summed E-state index contributed by atoms with van der Waals surface area (Å²) in [5.41, 5.74) is 3.05. The van der Waals surface area contributed by atoms with Crippen molar-refractivity contribution in [2.45, 2.75) is 0 Å². The molecule has 0 saturated carbocycles. The van der Waals surface area contributed by atoms with Crippen LogP contribution < -0.4 is 21.0 Å². The predicted octanol–water partition coefficient (Wildman–Crippen LogP) is 3.52. The molecular formula is C28H22N2Si. The molecule has 0 N–H and O–H groups in total. The standard InChI is InChI=1S/C28H22N2Si/c1-5-13-23(14-6-1)24-21-29-28(30-22-24)31(25-15-7-2-8-16-25,26-17-9-3-10-18-26)27-19-11-4-12-20-27/h1-22H. The number of rotatable bonds is 5. The SMILES string of the molecule is c1ccc(-c2cnc([Si](c3ccccc3)(c3ccccc3)c3ccccc3)nc2)cc1. The van der Waals surface area contributed by atoms with Crippen LogP contribution in [-0.2, 0) is 0 Å². The Labute approximate surface area is 183 Å². The van der Waals surface area contributed by atoms with Gasteiger partial charge >= 0.3 is 0 Å². The van der Waals surface area contributed by atoms with E-state index in [9.17, 15) is 0 Å². The molecule has 0 radical (unpaired) electrons. The molecule has 3 heteroatoms. The Kier molecular flexibility index (Phi) is 5.25. The Bertz CT molecular complexity index is 1140. The summed E-state index contributed by atoms with van der Waals surface area (Å²) in [6.45, 7) is 0. The molecule has 0 aliphatic rings. The predicted molar refractivity (Wildman–Crippen MR) is 131 cm³/mol. The van der Waals surface area contributed by atoms with Gasteiger partial charge in [0.25, 0.3) is 0 Å². The number of hydrogen-bond donors (Lipinski definition) is 0. The van der Waals surface area contributed by atoms with Crippen LogP contribution >= 0.6 is 0 Å². The van der Waals surface area contributed by atoms with Gasteiger partial charge in [-0.25, -0.2) is 9.97 Å². The summed E-state index contributed by atoms with van der Waals surface area (Å²) in [5.74, 6) is 0. The van der Waals surface area contributed by atoms with E-state index >= 15 is 0 Å². The van der Waals surface area contributed by atoms with Crippen LogP contribution in [0.25, 0.3) is 11.1 Å². The van der Waals surface area contributed by atoms with Crippen molar-refractivity contribution < 1.29 is 0 Å². The molecule has 0 bridgehead atoms.